The summed E-state index contributed by atoms with van der Waals surface area (Å²) in [7, 11) is 0. The predicted octanol–water partition coefficient (Wildman–Crippen LogP) is 3.47. The molecule has 2 heterocycles. The molecule has 4 heteroatoms. The first kappa shape index (κ1) is 18.8. The van der Waals surface area contributed by atoms with E-state index in [1.807, 2.05) is 0 Å². The number of hydrogen-bond acceptors (Lipinski definition) is 2. The van der Waals surface area contributed by atoms with Crippen molar-refractivity contribution in [1.82, 2.24) is 10.2 Å². The van der Waals surface area contributed by atoms with Crippen molar-refractivity contribution in [2.45, 2.75) is 58.8 Å². The van der Waals surface area contributed by atoms with Gasteiger partial charge in [0.15, 0.2) is 0 Å². The number of halogens is 1. The first-order chi connectivity index (χ1) is 9.70. The molecular formula is C17H33ClN2O. The van der Waals surface area contributed by atoms with Gasteiger partial charge in [0.2, 0.25) is 5.91 Å². The predicted molar refractivity (Wildman–Crippen MR) is 90.8 cm³/mol. The highest BCUT2D eigenvalue weighted by molar-refractivity contribution is 5.85. The molecule has 2 fully saturated rings. The number of likely N-dealkylation sites (tertiary alicyclic amines) is 1. The smallest absolute Gasteiger partial charge is 0.222 e. The van der Waals surface area contributed by atoms with Gasteiger partial charge >= 0.3 is 0 Å². The van der Waals surface area contributed by atoms with Crippen LogP contribution >= 0.6 is 12.4 Å². The molecule has 2 aliphatic heterocycles. The maximum Gasteiger partial charge on any atom is 0.222 e. The van der Waals surface area contributed by atoms with Crippen molar-refractivity contribution in [2.24, 2.45) is 17.8 Å². The van der Waals surface area contributed by atoms with E-state index in [0.29, 0.717) is 17.7 Å². The fourth-order valence-corrected chi connectivity index (χ4v) is 3.87. The molecule has 2 rings (SSSR count). The first-order valence-electron chi connectivity index (χ1n) is 8.69. The maximum absolute atomic E-state index is 12.5. The van der Waals surface area contributed by atoms with E-state index in [2.05, 4.69) is 24.1 Å². The second kappa shape index (κ2) is 9.68. The summed E-state index contributed by atoms with van der Waals surface area (Å²) in [6.45, 7) is 8.79. The molecular weight excluding hydrogens is 284 g/mol. The van der Waals surface area contributed by atoms with Gasteiger partial charge in [-0.1, -0.05) is 20.3 Å². The largest absolute Gasteiger partial charge is 0.342 e. The van der Waals surface area contributed by atoms with Crippen molar-refractivity contribution >= 4 is 18.3 Å². The lowest BCUT2D eigenvalue weighted by Crippen LogP contribution is -2.42. The summed E-state index contributed by atoms with van der Waals surface area (Å²) in [5, 5.41) is 3.47. The Kier molecular flexibility index (Phi) is 8.65. The molecule has 2 aliphatic rings. The molecule has 1 amide bonds. The molecule has 0 saturated carbocycles. The molecule has 0 aromatic carbocycles. The Labute approximate surface area is 136 Å². The van der Waals surface area contributed by atoms with Gasteiger partial charge < -0.3 is 10.2 Å². The molecule has 0 bridgehead atoms. The minimum atomic E-state index is 0. The first-order valence-corrected chi connectivity index (χ1v) is 8.69. The third kappa shape index (κ3) is 5.78. The number of carbonyl (C=O) groups excluding carboxylic acids is 1. The van der Waals surface area contributed by atoms with Crippen LogP contribution in [-0.4, -0.2) is 37.0 Å². The lowest BCUT2D eigenvalue weighted by molar-refractivity contribution is -0.134. The van der Waals surface area contributed by atoms with Gasteiger partial charge in [0.25, 0.3) is 0 Å². The lowest BCUT2D eigenvalue weighted by atomic mass is 9.85. The van der Waals surface area contributed by atoms with E-state index >= 15 is 0 Å². The fraction of sp³-hybridized carbons (Fsp3) is 0.941. The topological polar surface area (TPSA) is 32.3 Å². The zero-order chi connectivity index (χ0) is 14.4. The van der Waals surface area contributed by atoms with Crippen molar-refractivity contribution < 1.29 is 4.79 Å². The normalized spacial score (nSPS) is 27.8. The van der Waals surface area contributed by atoms with E-state index in [9.17, 15) is 4.79 Å². The van der Waals surface area contributed by atoms with E-state index in [0.717, 1.165) is 38.5 Å². The Bertz CT molecular complexity index is 303. The van der Waals surface area contributed by atoms with Gasteiger partial charge in [-0.05, 0) is 62.9 Å². The van der Waals surface area contributed by atoms with Crippen LogP contribution in [0.4, 0.5) is 0 Å². The summed E-state index contributed by atoms with van der Waals surface area (Å²) in [6, 6.07) is 0. The Morgan fingerprint density at radius 2 is 2.14 bits per heavy atom. The lowest BCUT2D eigenvalue weighted by Gasteiger charge is -2.35. The molecule has 2 saturated heterocycles. The Hall–Kier alpha value is -0.280. The number of rotatable bonds is 5. The number of carbonyl (C=O) groups is 1. The van der Waals surface area contributed by atoms with Gasteiger partial charge in [-0.2, -0.15) is 0 Å². The maximum atomic E-state index is 12.5. The average Bonchev–Trinajstić information content (AvgIpc) is 2.48. The van der Waals surface area contributed by atoms with Gasteiger partial charge in [-0.3, -0.25) is 4.79 Å². The van der Waals surface area contributed by atoms with Crippen LogP contribution < -0.4 is 5.32 Å². The van der Waals surface area contributed by atoms with Gasteiger partial charge in [0, 0.05) is 19.5 Å². The van der Waals surface area contributed by atoms with Crippen LogP contribution in [-0.2, 0) is 4.79 Å². The number of piperidine rings is 2. The molecule has 21 heavy (non-hydrogen) atoms. The van der Waals surface area contributed by atoms with Crippen LogP contribution in [0.1, 0.15) is 58.8 Å². The Morgan fingerprint density at radius 3 is 2.81 bits per heavy atom. The standard InChI is InChI=1S/C17H32N2O.ClH/c1-3-6-15-7-5-10-19(13-15)17(20)11-14(2)16-8-4-9-18-12-16;/h14-16,18H,3-13H2,1-2H3;1H. The van der Waals surface area contributed by atoms with Crippen molar-refractivity contribution in [2.75, 3.05) is 26.2 Å². The van der Waals surface area contributed by atoms with E-state index in [1.54, 1.807) is 0 Å². The van der Waals surface area contributed by atoms with Gasteiger partial charge in [-0.25, -0.2) is 0 Å². The highest BCUT2D eigenvalue weighted by Gasteiger charge is 2.27. The van der Waals surface area contributed by atoms with Crippen LogP contribution in [0.2, 0.25) is 0 Å². The number of hydrogen-bond donors (Lipinski definition) is 1. The van der Waals surface area contributed by atoms with E-state index in [4.69, 9.17) is 0 Å². The zero-order valence-electron chi connectivity index (χ0n) is 13.8. The summed E-state index contributed by atoms with van der Waals surface area (Å²) in [4.78, 5) is 14.7. The average molecular weight is 317 g/mol. The SMILES string of the molecule is CCCC1CCCN(C(=O)CC(C)C2CCCNC2)C1.Cl. The zero-order valence-corrected chi connectivity index (χ0v) is 14.6. The van der Waals surface area contributed by atoms with Crippen LogP contribution in [0, 0.1) is 17.8 Å². The van der Waals surface area contributed by atoms with Crippen molar-refractivity contribution in [1.29, 1.82) is 0 Å². The van der Waals surface area contributed by atoms with Gasteiger partial charge in [-0.15, -0.1) is 12.4 Å². The Balaban J connectivity index is 0.00000220. The number of nitrogens with one attached hydrogen (secondary N) is 1. The molecule has 3 unspecified atom stereocenters. The van der Waals surface area contributed by atoms with Gasteiger partial charge in [0.05, 0.1) is 0 Å². The molecule has 0 radical (unpaired) electrons. The second-order valence-corrected chi connectivity index (χ2v) is 6.92. The Morgan fingerprint density at radius 1 is 1.33 bits per heavy atom. The van der Waals surface area contributed by atoms with Crippen LogP contribution in [0.25, 0.3) is 0 Å². The molecule has 1 N–H and O–H groups in total. The minimum absolute atomic E-state index is 0. The van der Waals surface area contributed by atoms with Gasteiger partial charge in [0.1, 0.15) is 0 Å². The fourth-order valence-electron chi connectivity index (χ4n) is 3.87. The molecule has 3 nitrogen and oxygen atoms in total. The highest BCUT2D eigenvalue weighted by atomic mass is 35.5. The third-order valence-electron chi connectivity index (χ3n) is 5.20. The quantitative estimate of drug-likeness (QED) is 0.842. The monoisotopic (exact) mass is 316 g/mol. The van der Waals surface area contributed by atoms with Crippen LogP contribution in [0.3, 0.4) is 0 Å². The van der Waals surface area contributed by atoms with Crippen molar-refractivity contribution in [3.05, 3.63) is 0 Å². The summed E-state index contributed by atoms with van der Waals surface area (Å²) >= 11 is 0. The third-order valence-corrected chi connectivity index (χ3v) is 5.20. The van der Waals surface area contributed by atoms with Crippen molar-refractivity contribution in [3.63, 3.8) is 0 Å². The van der Waals surface area contributed by atoms with E-state index < -0.39 is 0 Å². The molecule has 3 atom stereocenters. The summed E-state index contributed by atoms with van der Waals surface area (Å²) in [6.07, 6.45) is 8.37. The minimum Gasteiger partial charge on any atom is -0.342 e. The number of amides is 1. The van der Waals surface area contributed by atoms with Crippen molar-refractivity contribution in [3.8, 4) is 0 Å². The number of nitrogens with zero attached hydrogens (tertiary/aromatic N) is 1. The van der Waals surface area contributed by atoms with E-state index in [1.165, 1.54) is 38.5 Å². The summed E-state index contributed by atoms with van der Waals surface area (Å²) in [5.41, 5.74) is 0. The highest BCUT2D eigenvalue weighted by Crippen LogP contribution is 2.26. The van der Waals surface area contributed by atoms with E-state index in [-0.39, 0.29) is 12.4 Å². The second-order valence-electron chi connectivity index (χ2n) is 6.92. The molecule has 0 aliphatic carbocycles. The molecule has 0 spiro atoms. The summed E-state index contributed by atoms with van der Waals surface area (Å²) < 4.78 is 0. The molecule has 0 aromatic heterocycles. The summed E-state index contributed by atoms with van der Waals surface area (Å²) in [5.74, 6) is 2.39. The van der Waals surface area contributed by atoms with Crippen LogP contribution in [0.15, 0.2) is 0 Å². The van der Waals surface area contributed by atoms with Crippen LogP contribution in [0.5, 0.6) is 0 Å². The molecule has 0 aromatic rings. The molecule has 124 valence electrons.